The number of hydrogen-bond donors (Lipinski definition) is 1. The van der Waals surface area contributed by atoms with E-state index in [1.807, 2.05) is 6.08 Å². The lowest BCUT2D eigenvalue weighted by molar-refractivity contribution is 0.109. The predicted molar refractivity (Wildman–Crippen MR) is 79.4 cm³/mol. The smallest absolute Gasteiger partial charge is 0.231 e. The Hall–Kier alpha value is -1.72. The Bertz CT molecular complexity index is 686. The Morgan fingerprint density at radius 2 is 2.32 bits per heavy atom. The minimum Gasteiger partial charge on any atom is -0.492 e. The highest BCUT2D eigenvalue weighted by Crippen LogP contribution is 2.56. The van der Waals surface area contributed by atoms with Crippen molar-refractivity contribution in [1.29, 1.82) is 0 Å². The van der Waals surface area contributed by atoms with E-state index in [2.05, 4.69) is 17.0 Å². The molecule has 1 aliphatic carbocycles. The zero-order chi connectivity index (χ0) is 14.9. The van der Waals surface area contributed by atoms with Crippen LogP contribution in [0.25, 0.3) is 0 Å². The third kappa shape index (κ3) is 1.41. The van der Waals surface area contributed by atoms with E-state index in [4.69, 9.17) is 14.2 Å². The largest absolute Gasteiger partial charge is 0.492 e. The van der Waals surface area contributed by atoms with Crippen LogP contribution in [0, 0.1) is 0 Å². The fraction of sp³-hybridized carbons (Fsp3) is 0.529. The minimum absolute atomic E-state index is 0.0267. The van der Waals surface area contributed by atoms with Gasteiger partial charge < -0.3 is 19.3 Å². The normalized spacial score (nSPS) is 36.9. The van der Waals surface area contributed by atoms with Crippen LogP contribution in [0.2, 0.25) is 0 Å². The summed E-state index contributed by atoms with van der Waals surface area (Å²) >= 11 is 0. The van der Waals surface area contributed by atoms with E-state index < -0.39 is 0 Å². The quantitative estimate of drug-likeness (QED) is 0.798. The van der Waals surface area contributed by atoms with Gasteiger partial charge in [-0.2, -0.15) is 0 Å². The lowest BCUT2D eigenvalue weighted by atomic mass is 9.66. The third-order valence-electron chi connectivity index (χ3n) is 5.72. The standard InChI is InChI=1S/C17H19NO4/c1-20-15-11-8-18-5-4-17(3-2-10(19)6-14(17)18)12(11)7-13-16(15)22-9-21-13/h2-3,7,10,14,19H,4-6,8-9H2,1H3/t10-,14-,17-/m1/s1. The molecular formula is C17H19NO4. The monoisotopic (exact) mass is 301 g/mol. The second kappa shape index (κ2) is 4.18. The second-order valence-electron chi connectivity index (χ2n) is 6.61. The number of rotatable bonds is 1. The molecule has 0 radical (unpaired) electrons. The Morgan fingerprint density at radius 1 is 1.41 bits per heavy atom. The first kappa shape index (κ1) is 12.8. The van der Waals surface area contributed by atoms with Crippen molar-refractivity contribution in [2.75, 3.05) is 20.4 Å². The molecule has 1 N–H and O–H groups in total. The number of aliphatic hydroxyl groups is 1. The van der Waals surface area contributed by atoms with Crippen LogP contribution in [0.1, 0.15) is 24.0 Å². The van der Waals surface area contributed by atoms with Crippen molar-refractivity contribution in [3.05, 3.63) is 29.3 Å². The summed E-state index contributed by atoms with van der Waals surface area (Å²) < 4.78 is 16.9. The molecule has 5 heteroatoms. The van der Waals surface area contributed by atoms with E-state index in [0.717, 1.165) is 43.2 Å². The zero-order valence-electron chi connectivity index (χ0n) is 12.5. The molecule has 0 saturated carbocycles. The van der Waals surface area contributed by atoms with Gasteiger partial charge in [0.2, 0.25) is 12.5 Å². The van der Waals surface area contributed by atoms with Crippen molar-refractivity contribution in [1.82, 2.24) is 4.90 Å². The van der Waals surface area contributed by atoms with Gasteiger partial charge in [0.05, 0.1) is 13.2 Å². The van der Waals surface area contributed by atoms with Crippen molar-refractivity contribution in [3.8, 4) is 17.2 Å². The molecule has 22 heavy (non-hydrogen) atoms. The number of methoxy groups -OCH3 is 1. The molecular weight excluding hydrogens is 282 g/mol. The lowest BCUT2D eigenvalue weighted by Gasteiger charge is -2.45. The molecule has 1 aromatic carbocycles. The van der Waals surface area contributed by atoms with Gasteiger partial charge in [-0.3, -0.25) is 4.90 Å². The lowest BCUT2D eigenvalue weighted by Crippen LogP contribution is -2.49. The van der Waals surface area contributed by atoms with E-state index in [0.29, 0.717) is 6.04 Å². The van der Waals surface area contributed by atoms with Gasteiger partial charge in [0.25, 0.3) is 0 Å². The molecule has 0 amide bonds. The van der Waals surface area contributed by atoms with E-state index >= 15 is 0 Å². The highest BCUT2D eigenvalue weighted by atomic mass is 16.7. The van der Waals surface area contributed by atoms with Gasteiger partial charge in [0, 0.05) is 30.1 Å². The number of ether oxygens (including phenoxy) is 3. The molecule has 0 spiro atoms. The topological polar surface area (TPSA) is 51.2 Å². The summed E-state index contributed by atoms with van der Waals surface area (Å²) in [4.78, 5) is 2.47. The number of nitrogens with zero attached hydrogens (tertiary/aromatic N) is 1. The summed E-state index contributed by atoms with van der Waals surface area (Å²) in [6, 6.07) is 2.50. The van der Waals surface area contributed by atoms with Gasteiger partial charge in [-0.15, -0.1) is 0 Å². The van der Waals surface area contributed by atoms with Gasteiger partial charge in [-0.05, 0) is 24.5 Å². The summed E-state index contributed by atoms with van der Waals surface area (Å²) in [5, 5.41) is 10.0. The van der Waals surface area contributed by atoms with E-state index in [1.165, 1.54) is 11.1 Å². The fourth-order valence-electron chi connectivity index (χ4n) is 4.76. The maximum absolute atomic E-state index is 10.0. The maximum atomic E-state index is 10.0. The van der Waals surface area contributed by atoms with Crippen LogP contribution >= 0.6 is 0 Å². The van der Waals surface area contributed by atoms with Gasteiger partial charge in [0.1, 0.15) is 0 Å². The fourth-order valence-corrected chi connectivity index (χ4v) is 4.76. The number of aliphatic hydroxyl groups excluding tert-OH is 1. The average molecular weight is 301 g/mol. The first-order valence-corrected chi connectivity index (χ1v) is 7.84. The molecule has 2 bridgehead atoms. The SMILES string of the molecule is COc1c2c(cc3c1OCO3)[C@]13C=C[C@@H](O)C[C@H]1N(CC3)C2. The Kier molecular flexibility index (Phi) is 2.43. The molecule has 5 rings (SSSR count). The van der Waals surface area contributed by atoms with Crippen LogP contribution in [0.15, 0.2) is 18.2 Å². The van der Waals surface area contributed by atoms with Gasteiger partial charge in [-0.1, -0.05) is 12.2 Å². The number of fused-ring (bicyclic) bond motifs is 2. The first-order valence-electron chi connectivity index (χ1n) is 7.84. The van der Waals surface area contributed by atoms with Crippen LogP contribution < -0.4 is 14.2 Å². The van der Waals surface area contributed by atoms with E-state index in [-0.39, 0.29) is 18.3 Å². The Balaban J connectivity index is 1.77. The Labute approximate surface area is 129 Å². The summed E-state index contributed by atoms with van der Waals surface area (Å²) in [7, 11) is 1.69. The molecule has 0 aromatic heterocycles. The highest BCUT2D eigenvalue weighted by Gasteiger charge is 2.54. The van der Waals surface area contributed by atoms with Crippen LogP contribution in [0.3, 0.4) is 0 Å². The van der Waals surface area contributed by atoms with E-state index in [9.17, 15) is 5.11 Å². The van der Waals surface area contributed by atoms with Crippen LogP contribution in [0.5, 0.6) is 17.2 Å². The van der Waals surface area contributed by atoms with Gasteiger partial charge >= 0.3 is 0 Å². The molecule has 3 aliphatic heterocycles. The first-order chi connectivity index (χ1) is 10.7. The van der Waals surface area contributed by atoms with Gasteiger partial charge in [-0.25, -0.2) is 0 Å². The molecule has 1 aromatic rings. The van der Waals surface area contributed by atoms with Gasteiger partial charge in [0.15, 0.2) is 11.5 Å². The zero-order valence-corrected chi connectivity index (χ0v) is 12.5. The number of hydrogen-bond acceptors (Lipinski definition) is 5. The van der Waals surface area contributed by atoms with Crippen LogP contribution in [-0.2, 0) is 12.0 Å². The molecule has 1 fully saturated rings. The Morgan fingerprint density at radius 3 is 3.18 bits per heavy atom. The third-order valence-corrected chi connectivity index (χ3v) is 5.72. The summed E-state index contributed by atoms with van der Waals surface area (Å²) in [6.45, 7) is 2.15. The second-order valence-corrected chi connectivity index (χ2v) is 6.61. The molecule has 116 valence electrons. The molecule has 1 saturated heterocycles. The number of benzene rings is 1. The summed E-state index contributed by atoms with van der Waals surface area (Å²) in [5.74, 6) is 2.33. The average Bonchev–Trinajstić information content (AvgIpc) is 3.08. The maximum Gasteiger partial charge on any atom is 0.231 e. The summed E-state index contributed by atoms with van der Waals surface area (Å²) in [5.41, 5.74) is 2.47. The van der Waals surface area contributed by atoms with Crippen molar-refractivity contribution in [2.24, 2.45) is 0 Å². The molecule has 5 nitrogen and oxygen atoms in total. The molecule has 3 heterocycles. The molecule has 1 unspecified atom stereocenters. The summed E-state index contributed by atoms with van der Waals surface area (Å²) in [6.07, 6.45) is 5.71. The van der Waals surface area contributed by atoms with Crippen LogP contribution in [0.4, 0.5) is 0 Å². The predicted octanol–water partition coefficient (Wildman–Crippen LogP) is 1.57. The van der Waals surface area contributed by atoms with Crippen LogP contribution in [-0.4, -0.2) is 42.6 Å². The van der Waals surface area contributed by atoms with Crippen molar-refractivity contribution in [3.63, 3.8) is 0 Å². The molecule has 4 atom stereocenters. The van der Waals surface area contributed by atoms with Crippen molar-refractivity contribution >= 4 is 0 Å². The highest BCUT2D eigenvalue weighted by molar-refractivity contribution is 5.64. The van der Waals surface area contributed by atoms with Crippen molar-refractivity contribution < 1.29 is 19.3 Å². The minimum atomic E-state index is -0.337. The van der Waals surface area contributed by atoms with E-state index in [1.54, 1.807) is 7.11 Å². The molecule has 4 aliphatic rings. The van der Waals surface area contributed by atoms with Crippen molar-refractivity contribution in [2.45, 2.75) is 36.9 Å².